The molecule has 0 saturated carbocycles. The second-order valence-corrected chi connectivity index (χ2v) is 9.08. The van der Waals surface area contributed by atoms with Crippen molar-refractivity contribution in [1.29, 1.82) is 0 Å². The molecule has 0 fully saturated rings. The number of hydrogen-bond donors (Lipinski definition) is 1. The molecular weight excluding hydrogens is 392 g/mol. The number of benzene rings is 1. The van der Waals surface area contributed by atoms with Gasteiger partial charge < -0.3 is 23.4 Å². The van der Waals surface area contributed by atoms with E-state index in [-0.39, 0.29) is 42.7 Å². The van der Waals surface area contributed by atoms with E-state index in [0.29, 0.717) is 0 Å². The third-order valence-electron chi connectivity index (χ3n) is 3.23. The fourth-order valence-electron chi connectivity index (χ4n) is 2.25. The zero-order chi connectivity index (χ0) is 20.5. The molecular formula is C17H27NO7P2. The average molecular weight is 419 g/mol. The highest BCUT2D eigenvalue weighted by molar-refractivity contribution is 7.64. The van der Waals surface area contributed by atoms with Gasteiger partial charge in [0.15, 0.2) is 0 Å². The van der Waals surface area contributed by atoms with Crippen LogP contribution in [0.25, 0.3) is 0 Å². The number of rotatable bonds is 12. The van der Waals surface area contributed by atoms with Gasteiger partial charge in [-0.25, -0.2) is 0 Å². The van der Waals surface area contributed by atoms with Crippen molar-refractivity contribution in [3.63, 3.8) is 0 Å². The molecule has 0 aliphatic heterocycles. The Balaban J connectivity index is 3.61. The molecule has 0 heterocycles. The molecule has 0 atom stereocenters. The second-order valence-electron chi connectivity index (χ2n) is 5.06. The number of carbonyl (C=O) groups excluding carboxylic acids is 1. The molecule has 27 heavy (non-hydrogen) atoms. The zero-order valence-electron chi connectivity index (χ0n) is 16.1. The van der Waals surface area contributed by atoms with E-state index in [9.17, 15) is 13.9 Å². The van der Waals surface area contributed by atoms with Crippen LogP contribution in [0.2, 0.25) is 0 Å². The third kappa shape index (κ3) is 6.11. The molecule has 0 unspecified atom stereocenters. The Kier molecular flexibility index (Phi) is 9.60. The van der Waals surface area contributed by atoms with Crippen molar-refractivity contribution in [1.82, 2.24) is 0 Å². The summed E-state index contributed by atoms with van der Waals surface area (Å²) in [5.41, 5.74) is 0.202. The first kappa shape index (κ1) is 23.8. The summed E-state index contributed by atoms with van der Waals surface area (Å²) in [5, 5.41) is 2.82. The van der Waals surface area contributed by atoms with Gasteiger partial charge in [0.25, 0.3) is 0 Å². The summed E-state index contributed by atoms with van der Waals surface area (Å²) < 4.78 is 47.8. The molecule has 0 spiro atoms. The van der Waals surface area contributed by atoms with E-state index in [1.165, 1.54) is 18.2 Å². The molecule has 0 aromatic heterocycles. The van der Waals surface area contributed by atoms with E-state index in [0.717, 1.165) is 6.08 Å². The van der Waals surface area contributed by atoms with Gasteiger partial charge in [-0.2, -0.15) is 0 Å². The van der Waals surface area contributed by atoms with Crippen molar-refractivity contribution >= 4 is 37.4 Å². The van der Waals surface area contributed by atoms with Gasteiger partial charge in [-0.05, 0) is 52.0 Å². The molecule has 0 radical (unpaired) electrons. The van der Waals surface area contributed by atoms with Gasteiger partial charge in [0.05, 0.1) is 42.7 Å². The van der Waals surface area contributed by atoms with Crippen molar-refractivity contribution in [3.05, 3.63) is 30.9 Å². The monoisotopic (exact) mass is 419 g/mol. The maximum Gasteiger partial charge on any atom is 0.363 e. The molecule has 8 nitrogen and oxygen atoms in total. The van der Waals surface area contributed by atoms with E-state index in [1.54, 1.807) is 27.7 Å². The smallest absolute Gasteiger partial charge is 0.322 e. The molecule has 0 bridgehead atoms. The molecule has 1 aromatic rings. The fourth-order valence-corrected chi connectivity index (χ4v) is 5.70. The van der Waals surface area contributed by atoms with Crippen LogP contribution < -0.4 is 15.9 Å². The minimum atomic E-state index is -3.79. The van der Waals surface area contributed by atoms with Gasteiger partial charge in [-0.3, -0.25) is 13.9 Å². The molecule has 0 aliphatic carbocycles. The molecule has 0 aliphatic rings. The molecule has 1 N–H and O–H groups in total. The summed E-state index contributed by atoms with van der Waals surface area (Å²) in [7, 11) is -7.42. The average Bonchev–Trinajstić information content (AvgIpc) is 2.62. The van der Waals surface area contributed by atoms with Gasteiger partial charge in [-0.1, -0.05) is 6.58 Å². The summed E-state index contributed by atoms with van der Waals surface area (Å²) in [6.45, 7) is 10.7. The Morgan fingerprint density at radius 2 is 1.44 bits per heavy atom. The molecule has 10 heteroatoms. The summed E-state index contributed by atoms with van der Waals surface area (Å²) in [4.78, 5) is 11.8. The Bertz CT molecular complexity index is 731. The van der Waals surface area contributed by atoms with Crippen molar-refractivity contribution in [3.8, 4) is 0 Å². The van der Waals surface area contributed by atoms with Crippen LogP contribution in [0.4, 0.5) is 5.69 Å². The largest absolute Gasteiger partial charge is 0.363 e. The first-order valence-corrected chi connectivity index (χ1v) is 11.8. The molecule has 152 valence electrons. The van der Waals surface area contributed by atoms with E-state index in [4.69, 9.17) is 18.1 Å². The maximum atomic E-state index is 13.3. The standard InChI is InChI=1S/C17H27NO7P2/c1-6-17(19)18-15-12-11-14(26(20,22-7-2)23-8-3)13-16(15)27(21,24-9-4)25-10-5/h6,11-13H,1,7-10H2,2-5H3,(H,18,19). The van der Waals surface area contributed by atoms with E-state index >= 15 is 0 Å². The highest BCUT2D eigenvalue weighted by atomic mass is 31.2. The minimum Gasteiger partial charge on any atom is -0.322 e. The predicted octanol–water partition coefficient (Wildman–Crippen LogP) is 3.59. The highest BCUT2D eigenvalue weighted by Gasteiger charge is 2.34. The first-order chi connectivity index (χ1) is 12.8. The van der Waals surface area contributed by atoms with Crippen molar-refractivity contribution in [2.75, 3.05) is 31.7 Å². The molecule has 0 saturated heterocycles. The summed E-state index contributed by atoms with van der Waals surface area (Å²) in [6.07, 6.45) is 1.08. The normalized spacial score (nSPS) is 12.0. The SMILES string of the molecule is C=CC(=O)Nc1ccc(P(=O)(OCC)OCC)cc1P(=O)(OCC)OCC. The topological polar surface area (TPSA) is 100 Å². The van der Waals surface area contributed by atoms with Crippen LogP contribution in [0.15, 0.2) is 30.9 Å². The number of nitrogens with one attached hydrogen (secondary N) is 1. The maximum absolute atomic E-state index is 13.3. The van der Waals surface area contributed by atoms with Gasteiger partial charge in [-0.15, -0.1) is 0 Å². The lowest BCUT2D eigenvalue weighted by atomic mass is 10.3. The third-order valence-corrected chi connectivity index (χ3v) is 7.50. The van der Waals surface area contributed by atoms with Gasteiger partial charge >= 0.3 is 15.2 Å². The van der Waals surface area contributed by atoms with E-state index in [1.807, 2.05) is 0 Å². The quantitative estimate of drug-likeness (QED) is 0.408. The summed E-state index contributed by atoms with van der Waals surface area (Å²) >= 11 is 0. The van der Waals surface area contributed by atoms with E-state index < -0.39 is 21.1 Å². The number of carbonyl (C=O) groups is 1. The fraction of sp³-hybridized carbons (Fsp3) is 0.471. The van der Waals surface area contributed by atoms with Gasteiger partial charge in [0, 0.05) is 0 Å². The van der Waals surface area contributed by atoms with Gasteiger partial charge in [0.2, 0.25) is 5.91 Å². The first-order valence-electron chi connectivity index (χ1n) is 8.66. The van der Waals surface area contributed by atoms with Crippen LogP contribution >= 0.6 is 15.2 Å². The van der Waals surface area contributed by atoms with Crippen LogP contribution in [0.3, 0.4) is 0 Å². The second kappa shape index (κ2) is 10.9. The van der Waals surface area contributed by atoms with Crippen LogP contribution in [0, 0.1) is 0 Å². The van der Waals surface area contributed by atoms with Crippen molar-refractivity contribution in [2.45, 2.75) is 27.7 Å². The zero-order valence-corrected chi connectivity index (χ0v) is 17.9. The predicted molar refractivity (Wildman–Crippen MR) is 106 cm³/mol. The summed E-state index contributed by atoms with van der Waals surface area (Å²) in [5.74, 6) is -0.499. The van der Waals surface area contributed by atoms with Crippen molar-refractivity contribution in [2.24, 2.45) is 0 Å². The van der Waals surface area contributed by atoms with Crippen LogP contribution in [0.5, 0.6) is 0 Å². The van der Waals surface area contributed by atoms with Crippen LogP contribution in [-0.4, -0.2) is 32.3 Å². The molecule has 1 rings (SSSR count). The Labute approximate surface area is 160 Å². The molecule has 1 amide bonds. The summed E-state index contributed by atoms with van der Waals surface area (Å²) in [6, 6.07) is 4.31. The van der Waals surface area contributed by atoms with Crippen molar-refractivity contribution < 1.29 is 32.0 Å². The highest BCUT2D eigenvalue weighted by Crippen LogP contribution is 2.51. The van der Waals surface area contributed by atoms with Crippen LogP contribution in [0.1, 0.15) is 27.7 Å². The number of anilines is 1. The Morgan fingerprint density at radius 1 is 0.963 bits per heavy atom. The lowest BCUT2D eigenvalue weighted by molar-refractivity contribution is -0.111. The Morgan fingerprint density at radius 3 is 1.89 bits per heavy atom. The van der Waals surface area contributed by atoms with Crippen LogP contribution in [-0.2, 0) is 32.0 Å². The van der Waals surface area contributed by atoms with Gasteiger partial charge in [0.1, 0.15) is 0 Å². The number of hydrogen-bond acceptors (Lipinski definition) is 7. The number of amides is 1. The molecule has 1 aromatic carbocycles. The lowest BCUT2D eigenvalue weighted by Gasteiger charge is -2.23. The lowest BCUT2D eigenvalue weighted by Crippen LogP contribution is -2.23. The minimum absolute atomic E-state index is 0.0681. The van der Waals surface area contributed by atoms with E-state index in [2.05, 4.69) is 11.9 Å². The Hall–Kier alpha value is -1.27.